The molecule has 0 unspecified atom stereocenters. The Morgan fingerprint density at radius 3 is 2.47 bits per heavy atom. The van der Waals surface area contributed by atoms with Crippen molar-refractivity contribution >= 4 is 22.0 Å². The van der Waals surface area contributed by atoms with Crippen LogP contribution < -0.4 is 9.47 Å². The molecule has 1 aromatic rings. The predicted molar refractivity (Wildman–Crippen MR) is 65.4 cm³/mol. The van der Waals surface area contributed by atoms with Gasteiger partial charge in [-0.2, -0.15) is 0 Å². The first-order valence-corrected chi connectivity index (χ1v) is 5.09. The normalized spacial score (nSPS) is 11.6. The van der Waals surface area contributed by atoms with E-state index in [2.05, 4.69) is 21.9 Å². The number of ether oxygens (including phenoxy) is 2. The molecule has 0 aliphatic carbocycles. The van der Waals surface area contributed by atoms with E-state index in [0.717, 1.165) is 0 Å². The van der Waals surface area contributed by atoms with Crippen molar-refractivity contribution in [2.75, 3.05) is 14.2 Å². The number of methoxy groups -OCH3 is 2. The van der Waals surface area contributed by atoms with Gasteiger partial charge in [-0.3, -0.25) is 0 Å². The van der Waals surface area contributed by atoms with E-state index < -0.39 is 0 Å². The Morgan fingerprint density at radius 2 is 2.00 bits per heavy atom. The quantitative estimate of drug-likeness (QED) is 0.784. The summed E-state index contributed by atoms with van der Waals surface area (Å²) in [6.45, 7) is 0. The van der Waals surface area contributed by atoms with Crippen LogP contribution in [-0.2, 0) is 0 Å². The van der Waals surface area contributed by atoms with Crippen LogP contribution >= 0.6 is 15.9 Å². The number of hydrogen-bond acceptors (Lipinski definition) is 2. The highest BCUT2D eigenvalue weighted by Gasteiger charge is 2.07. The van der Waals surface area contributed by atoms with Crippen LogP contribution in [0.4, 0.5) is 0 Å². The average molecular weight is 268 g/mol. The van der Waals surface area contributed by atoms with Gasteiger partial charge in [-0.1, -0.05) is 21.9 Å². The lowest BCUT2D eigenvalue weighted by Crippen LogP contribution is -1.93. The van der Waals surface area contributed by atoms with E-state index in [1.54, 1.807) is 26.4 Å². The Balaban J connectivity index is 3.45. The molecule has 0 atom stereocenters. The molecule has 1 aromatic carbocycles. The molecule has 0 aliphatic rings. The molecule has 0 saturated carbocycles. The summed E-state index contributed by atoms with van der Waals surface area (Å²) >= 11 is 3.11. The minimum atomic E-state index is 0.286. The maximum atomic E-state index is 7.73. The molecule has 3 heteroatoms. The Kier molecular flexibility index (Phi) is 3.70. The zero-order valence-corrected chi connectivity index (χ0v) is 10.1. The lowest BCUT2D eigenvalue weighted by Gasteiger charge is -2.09. The van der Waals surface area contributed by atoms with Crippen LogP contribution in [0.15, 0.2) is 17.1 Å². The van der Waals surface area contributed by atoms with Gasteiger partial charge >= 0.3 is 0 Å². The van der Waals surface area contributed by atoms with E-state index in [1.165, 1.54) is 4.99 Å². The van der Waals surface area contributed by atoms with Crippen molar-refractivity contribution in [1.82, 2.24) is 0 Å². The van der Waals surface area contributed by atoms with Gasteiger partial charge < -0.3 is 9.47 Å². The van der Waals surface area contributed by atoms with Crippen LogP contribution in [0.5, 0.6) is 11.5 Å². The van der Waals surface area contributed by atoms with Crippen molar-refractivity contribution < 1.29 is 10.8 Å². The first-order chi connectivity index (χ1) is 7.67. The number of benzene rings is 1. The second kappa shape index (κ2) is 5.47. The van der Waals surface area contributed by atoms with E-state index in [1.807, 2.05) is 0 Å². The van der Waals surface area contributed by atoms with E-state index in [9.17, 15) is 0 Å². The van der Waals surface area contributed by atoms with Gasteiger partial charge in [0.15, 0.2) is 11.5 Å². The molecule has 0 saturated heterocycles. The fourth-order valence-electron chi connectivity index (χ4n) is 1.18. The summed E-state index contributed by atoms with van der Waals surface area (Å²) in [5.41, 5.74) is 1.22. The Labute approximate surface area is 99.4 Å². The number of halogens is 1. The number of terminal acetylenes is 1. The summed E-state index contributed by atoms with van der Waals surface area (Å²) in [6, 6.07) is 3.65. The minimum Gasteiger partial charge on any atom is -0.493 e. The van der Waals surface area contributed by atoms with Crippen molar-refractivity contribution in [3.05, 3.63) is 28.2 Å². The van der Waals surface area contributed by atoms with Crippen LogP contribution in [0.25, 0.3) is 6.05 Å². The Hall–Kier alpha value is -1.40. The standard InChI is InChI=1S/C12H11BrO2/c1-4-9-7-11(14-2)12(15-3)8-10(9)5-6-13/h1,5-8H,2-3H3/b6-5+/i5D. The maximum absolute atomic E-state index is 7.73. The fourth-order valence-corrected chi connectivity index (χ4v) is 1.42. The smallest absolute Gasteiger partial charge is 0.162 e. The highest BCUT2D eigenvalue weighted by molar-refractivity contribution is 9.11. The van der Waals surface area contributed by atoms with Crippen LogP contribution in [0.1, 0.15) is 12.5 Å². The van der Waals surface area contributed by atoms with Gasteiger partial charge in [-0.25, -0.2) is 0 Å². The van der Waals surface area contributed by atoms with Crippen LogP contribution in [0, 0.1) is 12.3 Å². The molecule has 2 nitrogen and oxygen atoms in total. The van der Waals surface area contributed by atoms with Gasteiger partial charge in [-0.05, 0) is 22.7 Å². The summed E-state index contributed by atoms with van der Waals surface area (Å²) in [5, 5.41) is 0. The van der Waals surface area contributed by atoms with Crippen molar-refractivity contribution in [2.24, 2.45) is 0 Å². The van der Waals surface area contributed by atoms with Gasteiger partial charge in [0.1, 0.15) is 0 Å². The Morgan fingerprint density at radius 1 is 1.40 bits per heavy atom. The molecule has 0 heterocycles. The Bertz CT molecular complexity index is 461. The van der Waals surface area contributed by atoms with Gasteiger partial charge in [0.05, 0.1) is 15.6 Å². The van der Waals surface area contributed by atoms with Gasteiger partial charge in [0.25, 0.3) is 0 Å². The highest BCUT2D eigenvalue weighted by atomic mass is 79.9. The highest BCUT2D eigenvalue weighted by Crippen LogP contribution is 2.30. The first kappa shape index (κ1) is 10.1. The van der Waals surface area contributed by atoms with Crippen molar-refractivity contribution in [2.45, 2.75) is 0 Å². The molecule has 0 fully saturated rings. The molecule has 0 aliphatic heterocycles. The van der Waals surface area contributed by atoms with E-state index >= 15 is 0 Å². The van der Waals surface area contributed by atoms with Crippen molar-refractivity contribution in [3.63, 3.8) is 0 Å². The topological polar surface area (TPSA) is 18.5 Å². The summed E-state index contributed by atoms with van der Waals surface area (Å²) in [4.78, 5) is 1.50. The van der Waals surface area contributed by atoms with E-state index in [-0.39, 0.29) is 6.05 Å². The fraction of sp³-hybridized carbons (Fsp3) is 0.167. The van der Waals surface area contributed by atoms with Gasteiger partial charge in [0.2, 0.25) is 0 Å². The zero-order chi connectivity index (χ0) is 12.1. The molecular weight excluding hydrogens is 256 g/mol. The molecule has 0 aromatic heterocycles. The predicted octanol–water partition coefficient (Wildman–Crippen LogP) is 3.05. The SMILES string of the molecule is [2H]/C(=C\Br)c1cc(OC)c(OC)cc1C#C. The summed E-state index contributed by atoms with van der Waals surface area (Å²) in [5.74, 6) is 3.63. The molecule has 1 rings (SSSR count). The van der Waals surface area contributed by atoms with Crippen molar-refractivity contribution in [1.29, 1.82) is 0 Å². The second-order valence-electron chi connectivity index (χ2n) is 2.65. The first-order valence-electron chi connectivity index (χ1n) is 4.68. The summed E-state index contributed by atoms with van der Waals surface area (Å²) < 4.78 is 18.0. The minimum absolute atomic E-state index is 0.286. The van der Waals surface area contributed by atoms with E-state index in [0.29, 0.717) is 22.6 Å². The largest absolute Gasteiger partial charge is 0.493 e. The molecule has 15 heavy (non-hydrogen) atoms. The number of rotatable bonds is 3. The second-order valence-corrected chi connectivity index (χ2v) is 3.11. The third-order valence-corrected chi connectivity index (χ3v) is 2.12. The third-order valence-electron chi connectivity index (χ3n) is 1.89. The van der Waals surface area contributed by atoms with Crippen LogP contribution in [0.2, 0.25) is 0 Å². The molecule has 78 valence electrons. The summed E-state index contributed by atoms with van der Waals surface area (Å²) in [6.07, 6.45) is 5.39. The lowest BCUT2D eigenvalue weighted by atomic mass is 10.1. The monoisotopic (exact) mass is 267 g/mol. The molecule has 0 amide bonds. The van der Waals surface area contributed by atoms with Gasteiger partial charge in [0, 0.05) is 11.6 Å². The van der Waals surface area contributed by atoms with E-state index in [4.69, 9.17) is 17.3 Å². The molecule has 0 spiro atoms. The van der Waals surface area contributed by atoms with Gasteiger partial charge in [-0.15, -0.1) is 6.42 Å². The third kappa shape index (κ3) is 2.54. The maximum Gasteiger partial charge on any atom is 0.162 e. The van der Waals surface area contributed by atoms with Crippen molar-refractivity contribution in [3.8, 4) is 23.8 Å². The number of hydrogen-bond donors (Lipinski definition) is 0. The molecule has 0 bridgehead atoms. The van der Waals surface area contributed by atoms with Crippen LogP contribution in [0.3, 0.4) is 0 Å². The summed E-state index contributed by atoms with van der Waals surface area (Å²) in [7, 11) is 3.08. The molecular formula is C12H11BrO2. The lowest BCUT2D eigenvalue weighted by molar-refractivity contribution is 0.355. The van der Waals surface area contributed by atoms with Crippen LogP contribution in [-0.4, -0.2) is 14.2 Å². The average Bonchev–Trinajstić information content (AvgIpc) is 2.35. The zero-order valence-electron chi connectivity index (χ0n) is 9.50. The molecule has 0 radical (unpaired) electrons. The molecule has 0 N–H and O–H groups in total.